The quantitative estimate of drug-likeness (QED) is 0.193. The van der Waals surface area contributed by atoms with Crippen LogP contribution in [-0.2, 0) is 0 Å². The van der Waals surface area contributed by atoms with E-state index in [4.69, 9.17) is 17.1 Å². The average molecular weight is 554 g/mol. The lowest BCUT2D eigenvalue weighted by Crippen LogP contribution is -1.98. The third-order valence-electron chi connectivity index (χ3n) is 8.66. The minimum Gasteiger partial charge on any atom is -0.456 e. The second-order valence-electron chi connectivity index (χ2n) is 11.0. The molecule has 0 fully saturated rings. The molecule has 1 heteroatoms. The molecule has 0 saturated heterocycles. The first-order valence-corrected chi connectivity index (χ1v) is 14.1. The van der Waals surface area contributed by atoms with Crippen LogP contribution in [0.1, 0.15) is 12.3 Å². The first kappa shape index (κ1) is 16.1. The van der Waals surface area contributed by atoms with E-state index in [9.17, 15) is 0 Å². The molecule has 9 aromatic rings. The fourth-order valence-corrected chi connectivity index (χ4v) is 6.66. The van der Waals surface area contributed by atoms with Crippen molar-refractivity contribution in [3.63, 3.8) is 0 Å². The van der Waals surface area contributed by atoms with Gasteiger partial charge in [-0.05, 0) is 101 Å². The Hall–Kier alpha value is -5.66. The highest BCUT2D eigenvalue weighted by Gasteiger charge is 2.22. The van der Waals surface area contributed by atoms with Crippen LogP contribution in [0.3, 0.4) is 0 Å². The maximum Gasteiger partial charge on any atom is 0.135 e. The molecular formula is C42H24O. The maximum absolute atomic E-state index is 9.11. The van der Waals surface area contributed by atoms with Gasteiger partial charge in [-0.25, -0.2) is 0 Å². The van der Waals surface area contributed by atoms with Crippen molar-refractivity contribution in [2.24, 2.45) is 0 Å². The summed E-state index contributed by atoms with van der Waals surface area (Å²) >= 11 is 0. The van der Waals surface area contributed by atoms with Gasteiger partial charge >= 0.3 is 0 Å². The van der Waals surface area contributed by atoms with Crippen molar-refractivity contribution in [3.05, 3.63) is 145 Å². The predicted octanol–water partition coefficient (Wildman–Crippen LogP) is 12.0. The van der Waals surface area contributed by atoms with Gasteiger partial charge in [-0.15, -0.1) is 0 Å². The van der Waals surface area contributed by atoms with Crippen LogP contribution in [-0.4, -0.2) is 0 Å². The number of hydrogen-bond acceptors (Lipinski definition) is 1. The molecule has 0 saturated carbocycles. The minimum atomic E-state index is -0.488. The van der Waals surface area contributed by atoms with Crippen molar-refractivity contribution in [1.82, 2.24) is 0 Å². The van der Waals surface area contributed by atoms with Crippen LogP contribution >= 0.6 is 0 Å². The molecule has 1 nitrogen and oxygen atoms in total. The van der Waals surface area contributed by atoms with Crippen molar-refractivity contribution >= 4 is 53.9 Å². The van der Waals surface area contributed by atoms with E-state index in [1.54, 1.807) is 0 Å². The summed E-state index contributed by atoms with van der Waals surface area (Å²) in [6, 6.07) is 26.9. The molecule has 1 heterocycles. The van der Waals surface area contributed by atoms with Crippen LogP contribution in [0.2, 0.25) is 0 Å². The molecule has 1 aliphatic heterocycles. The molecule has 198 valence electrons. The van der Waals surface area contributed by atoms with E-state index in [0.717, 1.165) is 55.3 Å². The first-order chi connectivity index (χ1) is 25.1. The molecule has 9 aromatic carbocycles. The normalized spacial score (nSPS) is 15.3. The lowest BCUT2D eigenvalue weighted by molar-refractivity contribution is 0.487. The van der Waals surface area contributed by atoms with E-state index >= 15 is 0 Å². The van der Waals surface area contributed by atoms with Gasteiger partial charge in [0.25, 0.3) is 0 Å². The van der Waals surface area contributed by atoms with E-state index in [1.807, 2.05) is 60.7 Å². The molecule has 43 heavy (non-hydrogen) atoms. The van der Waals surface area contributed by atoms with Crippen LogP contribution < -0.4 is 4.74 Å². The minimum absolute atomic E-state index is 0.0337. The summed E-state index contributed by atoms with van der Waals surface area (Å²) in [6.45, 7) is 0. The molecule has 0 bridgehead atoms. The van der Waals surface area contributed by atoms with E-state index in [-0.39, 0.29) is 68.1 Å². The summed E-state index contributed by atoms with van der Waals surface area (Å²) in [7, 11) is 0. The Morgan fingerprint density at radius 3 is 2.00 bits per heavy atom. The predicted molar refractivity (Wildman–Crippen MR) is 182 cm³/mol. The van der Waals surface area contributed by atoms with Crippen LogP contribution in [0.5, 0.6) is 11.5 Å². The van der Waals surface area contributed by atoms with Crippen LogP contribution in [0.4, 0.5) is 0 Å². The highest BCUT2D eigenvalue weighted by Crippen LogP contribution is 2.49. The number of fused-ring (bicyclic) bond motifs is 4. The summed E-state index contributed by atoms with van der Waals surface area (Å²) in [5.74, 6) is 1.57. The Morgan fingerprint density at radius 2 is 1.12 bits per heavy atom. The first-order valence-electron chi connectivity index (χ1n) is 18.6. The second kappa shape index (κ2) is 8.44. The molecule has 0 amide bonds. The summed E-state index contributed by atoms with van der Waals surface area (Å²) in [6.07, 6.45) is 0. The molecular weight excluding hydrogens is 520 g/mol. The highest BCUT2D eigenvalue weighted by atomic mass is 16.5. The van der Waals surface area contributed by atoms with Crippen LogP contribution in [0, 0.1) is 0 Å². The third-order valence-corrected chi connectivity index (χ3v) is 8.66. The highest BCUT2D eigenvalue weighted by molar-refractivity contribution is 6.25. The zero-order valence-corrected chi connectivity index (χ0v) is 22.6. The lowest BCUT2D eigenvalue weighted by Gasteiger charge is -2.23. The second-order valence-corrected chi connectivity index (χ2v) is 11.0. The standard InChI is InChI=1S/C42H24O/c1-2-8-32-31(5-1)24-37-36-23-30(19-22-38(36)43-39-10-4-9-34(32)42(37)39)25-11-13-26(14-12-25)33-20-17-29-16-15-27-6-3-7-28-18-21-35(33)41(29)40(27)28/h1-24H/i3D,6D,7D,15D,16D,17D,18D,20D,21D. The number of benzene rings is 9. The zero-order valence-electron chi connectivity index (χ0n) is 31.6. The Balaban J connectivity index is 1.18. The monoisotopic (exact) mass is 553 g/mol. The third kappa shape index (κ3) is 3.22. The summed E-state index contributed by atoms with van der Waals surface area (Å²) in [5.41, 5.74) is 4.63. The molecule has 0 aromatic heterocycles. The van der Waals surface area contributed by atoms with Crippen molar-refractivity contribution in [3.8, 4) is 44.9 Å². The Bertz CT molecular complexity index is 3060. The SMILES string of the molecule is [2H]c1c([2H])c2c([2H])c([2H])c3c([2H])c([2H])c(-c4ccc(-c5ccc6c(c5)-c5cc7ccccc7c7cccc(c57)O6)cc4)c4c([2H])c([2H])c(c1[2H])c2c34. The average Bonchev–Trinajstić information content (AvgIpc) is 3.16. The van der Waals surface area contributed by atoms with Gasteiger partial charge < -0.3 is 4.74 Å². The smallest absolute Gasteiger partial charge is 0.135 e. The Kier molecular flexibility index (Phi) is 3.16. The van der Waals surface area contributed by atoms with Crippen LogP contribution in [0.25, 0.3) is 87.2 Å². The Morgan fingerprint density at radius 1 is 0.395 bits per heavy atom. The van der Waals surface area contributed by atoms with E-state index in [2.05, 4.69) is 30.3 Å². The molecule has 0 N–H and O–H groups in total. The Labute approximate surface area is 261 Å². The molecule has 10 rings (SSSR count). The van der Waals surface area contributed by atoms with E-state index in [0.29, 0.717) is 5.56 Å². The summed E-state index contributed by atoms with van der Waals surface area (Å²) < 4.78 is 85.6. The molecule has 0 radical (unpaired) electrons. The number of ether oxygens (including phenoxy) is 1. The van der Waals surface area contributed by atoms with E-state index in [1.165, 1.54) is 0 Å². The van der Waals surface area contributed by atoms with E-state index < -0.39 is 24.2 Å². The molecule has 0 atom stereocenters. The van der Waals surface area contributed by atoms with Crippen molar-refractivity contribution in [2.75, 3.05) is 0 Å². The molecule has 1 aliphatic rings. The molecule has 0 unspecified atom stereocenters. The maximum atomic E-state index is 9.11. The van der Waals surface area contributed by atoms with Gasteiger partial charge in [0.15, 0.2) is 0 Å². The fourth-order valence-electron chi connectivity index (χ4n) is 6.66. The van der Waals surface area contributed by atoms with Gasteiger partial charge in [0.2, 0.25) is 0 Å². The largest absolute Gasteiger partial charge is 0.456 e. The number of rotatable bonds is 2. The van der Waals surface area contributed by atoms with Crippen molar-refractivity contribution in [2.45, 2.75) is 0 Å². The molecule has 0 aliphatic carbocycles. The van der Waals surface area contributed by atoms with Gasteiger partial charge in [-0.1, -0.05) is 121 Å². The lowest BCUT2D eigenvalue weighted by atomic mass is 9.88. The van der Waals surface area contributed by atoms with Gasteiger partial charge in [-0.2, -0.15) is 0 Å². The molecule has 0 spiro atoms. The zero-order chi connectivity index (χ0) is 35.9. The van der Waals surface area contributed by atoms with Crippen molar-refractivity contribution < 1.29 is 17.1 Å². The van der Waals surface area contributed by atoms with Crippen LogP contribution in [0.15, 0.2) is 145 Å². The number of hydrogen-bond donors (Lipinski definition) is 0. The van der Waals surface area contributed by atoms with Crippen molar-refractivity contribution in [1.29, 1.82) is 0 Å². The van der Waals surface area contributed by atoms with Gasteiger partial charge in [0.1, 0.15) is 11.5 Å². The van der Waals surface area contributed by atoms with Gasteiger partial charge in [0, 0.05) is 10.9 Å². The summed E-state index contributed by atoms with van der Waals surface area (Å²) in [5, 5.41) is 4.82. The fraction of sp³-hybridized carbons (Fsp3) is 0. The van der Waals surface area contributed by atoms with Gasteiger partial charge in [-0.3, -0.25) is 0 Å². The summed E-state index contributed by atoms with van der Waals surface area (Å²) in [4.78, 5) is 0. The topological polar surface area (TPSA) is 9.23 Å². The van der Waals surface area contributed by atoms with Gasteiger partial charge in [0.05, 0.1) is 12.3 Å².